The highest BCUT2D eigenvalue weighted by atomic mass is 14.3. The highest BCUT2D eigenvalue weighted by Crippen LogP contribution is 2.40. The van der Waals surface area contributed by atoms with E-state index in [1.807, 2.05) is 0 Å². The van der Waals surface area contributed by atoms with Gasteiger partial charge < -0.3 is 0 Å². The zero-order chi connectivity index (χ0) is 11.2. The Balaban J connectivity index is 4.42. The molecule has 0 rings (SSSR count). The summed E-state index contributed by atoms with van der Waals surface area (Å²) in [6.07, 6.45) is 6.94. The first-order valence-electron chi connectivity index (χ1n) is 6.45. The largest absolute Gasteiger partial charge is 0.0654 e. The van der Waals surface area contributed by atoms with Gasteiger partial charge in [-0.1, -0.05) is 54.4 Å². The summed E-state index contributed by atoms with van der Waals surface area (Å²) in [6, 6.07) is 0. The van der Waals surface area contributed by atoms with Gasteiger partial charge in [0.1, 0.15) is 0 Å². The van der Waals surface area contributed by atoms with Crippen LogP contribution in [0.4, 0.5) is 0 Å². The molecule has 14 heavy (non-hydrogen) atoms. The van der Waals surface area contributed by atoms with Crippen molar-refractivity contribution in [3.63, 3.8) is 0 Å². The standard InChI is InChI=1S/C14H30/c1-7-9-14(8-2,10-12(3)4)11-13(5)6/h12-13H,7-11H2,1-6H3. The van der Waals surface area contributed by atoms with Crippen LogP contribution in [0.2, 0.25) is 0 Å². The normalized spacial score (nSPS) is 12.9. The van der Waals surface area contributed by atoms with Crippen molar-refractivity contribution in [2.45, 2.75) is 73.6 Å². The summed E-state index contributed by atoms with van der Waals surface area (Å²) in [7, 11) is 0. The van der Waals surface area contributed by atoms with Crippen LogP contribution in [0, 0.1) is 17.3 Å². The van der Waals surface area contributed by atoms with E-state index in [-0.39, 0.29) is 0 Å². The predicted molar refractivity (Wildman–Crippen MR) is 66.5 cm³/mol. The fourth-order valence-corrected chi connectivity index (χ4v) is 3.02. The topological polar surface area (TPSA) is 0 Å². The van der Waals surface area contributed by atoms with E-state index in [0.717, 1.165) is 11.8 Å². The molecule has 0 atom stereocenters. The fourth-order valence-electron chi connectivity index (χ4n) is 3.02. The van der Waals surface area contributed by atoms with E-state index >= 15 is 0 Å². The van der Waals surface area contributed by atoms with Crippen molar-refractivity contribution in [2.24, 2.45) is 17.3 Å². The van der Waals surface area contributed by atoms with Crippen LogP contribution in [0.3, 0.4) is 0 Å². The lowest BCUT2D eigenvalue weighted by Gasteiger charge is -2.36. The van der Waals surface area contributed by atoms with E-state index in [1.54, 1.807) is 0 Å². The average molecular weight is 198 g/mol. The maximum absolute atomic E-state index is 2.38. The summed E-state index contributed by atoms with van der Waals surface area (Å²) in [5.41, 5.74) is 0.636. The minimum atomic E-state index is 0.636. The third kappa shape index (κ3) is 5.02. The summed E-state index contributed by atoms with van der Waals surface area (Å²) < 4.78 is 0. The SMILES string of the molecule is CCCC(CC)(CC(C)C)CC(C)C. The van der Waals surface area contributed by atoms with E-state index in [9.17, 15) is 0 Å². The van der Waals surface area contributed by atoms with Gasteiger partial charge in [-0.15, -0.1) is 0 Å². The number of rotatable bonds is 7. The molecule has 0 bridgehead atoms. The zero-order valence-electron chi connectivity index (χ0n) is 11.2. The molecule has 0 heteroatoms. The monoisotopic (exact) mass is 198 g/mol. The maximum atomic E-state index is 2.38. The van der Waals surface area contributed by atoms with Crippen LogP contribution in [0.1, 0.15) is 73.6 Å². The van der Waals surface area contributed by atoms with E-state index in [1.165, 1.54) is 32.1 Å². The molecule has 0 heterocycles. The van der Waals surface area contributed by atoms with Gasteiger partial charge in [-0.05, 0) is 36.5 Å². The quantitative estimate of drug-likeness (QED) is 0.522. The van der Waals surface area contributed by atoms with E-state index in [2.05, 4.69) is 41.5 Å². The minimum Gasteiger partial charge on any atom is -0.0654 e. The highest BCUT2D eigenvalue weighted by Gasteiger charge is 2.28. The van der Waals surface area contributed by atoms with Gasteiger partial charge >= 0.3 is 0 Å². The first kappa shape index (κ1) is 14.0. The van der Waals surface area contributed by atoms with Gasteiger partial charge in [-0.25, -0.2) is 0 Å². The van der Waals surface area contributed by atoms with Crippen LogP contribution in [-0.4, -0.2) is 0 Å². The molecule has 0 unspecified atom stereocenters. The van der Waals surface area contributed by atoms with Gasteiger partial charge in [0.25, 0.3) is 0 Å². The van der Waals surface area contributed by atoms with Crippen molar-refractivity contribution in [1.29, 1.82) is 0 Å². The molecule has 0 amide bonds. The lowest BCUT2D eigenvalue weighted by Crippen LogP contribution is -2.24. The zero-order valence-corrected chi connectivity index (χ0v) is 11.2. The molecule has 86 valence electrons. The Labute approximate surface area is 91.5 Å². The molecule has 0 aliphatic rings. The Kier molecular flexibility index (Phi) is 6.48. The van der Waals surface area contributed by atoms with E-state index < -0.39 is 0 Å². The average Bonchev–Trinajstić information content (AvgIpc) is 2.02. The minimum absolute atomic E-state index is 0.636. The second kappa shape index (κ2) is 6.48. The molecule has 0 aromatic heterocycles. The van der Waals surface area contributed by atoms with Crippen LogP contribution in [0.15, 0.2) is 0 Å². The molecule has 0 saturated heterocycles. The molecule has 0 N–H and O–H groups in total. The van der Waals surface area contributed by atoms with Crippen molar-refractivity contribution >= 4 is 0 Å². The van der Waals surface area contributed by atoms with Crippen molar-refractivity contribution in [2.75, 3.05) is 0 Å². The molecule has 0 spiro atoms. The second-order valence-electron chi connectivity index (χ2n) is 5.80. The second-order valence-corrected chi connectivity index (χ2v) is 5.80. The van der Waals surface area contributed by atoms with Crippen LogP contribution in [-0.2, 0) is 0 Å². The molecule has 0 aromatic rings. The first-order valence-corrected chi connectivity index (χ1v) is 6.45. The van der Waals surface area contributed by atoms with Gasteiger partial charge in [0.05, 0.1) is 0 Å². The Morgan fingerprint density at radius 1 is 0.857 bits per heavy atom. The molecular formula is C14H30. The molecule has 0 aliphatic carbocycles. The van der Waals surface area contributed by atoms with Gasteiger partial charge in [0, 0.05) is 0 Å². The summed E-state index contributed by atoms with van der Waals surface area (Å²) in [5, 5.41) is 0. The smallest absolute Gasteiger partial charge is 0.0295 e. The summed E-state index contributed by atoms with van der Waals surface area (Å²) in [4.78, 5) is 0. The summed E-state index contributed by atoms with van der Waals surface area (Å²) >= 11 is 0. The number of hydrogen-bond acceptors (Lipinski definition) is 0. The molecule has 0 aromatic carbocycles. The van der Waals surface area contributed by atoms with Gasteiger partial charge in [0.15, 0.2) is 0 Å². The lowest BCUT2D eigenvalue weighted by atomic mass is 9.70. The maximum Gasteiger partial charge on any atom is -0.0295 e. The summed E-state index contributed by atoms with van der Waals surface area (Å²) in [6.45, 7) is 14.1. The molecule has 0 aliphatic heterocycles. The van der Waals surface area contributed by atoms with E-state index in [0.29, 0.717) is 5.41 Å². The molecule has 0 saturated carbocycles. The van der Waals surface area contributed by atoms with Crippen molar-refractivity contribution < 1.29 is 0 Å². The third-order valence-corrected chi connectivity index (χ3v) is 3.21. The third-order valence-electron chi connectivity index (χ3n) is 3.21. The molecular weight excluding hydrogens is 168 g/mol. The molecule has 0 radical (unpaired) electrons. The van der Waals surface area contributed by atoms with Crippen molar-refractivity contribution in [3.8, 4) is 0 Å². The van der Waals surface area contributed by atoms with Crippen LogP contribution < -0.4 is 0 Å². The Hall–Kier alpha value is 0. The van der Waals surface area contributed by atoms with Crippen molar-refractivity contribution in [1.82, 2.24) is 0 Å². The Bertz CT molecular complexity index is 123. The number of hydrogen-bond donors (Lipinski definition) is 0. The first-order chi connectivity index (χ1) is 6.45. The van der Waals surface area contributed by atoms with Gasteiger partial charge in [-0.2, -0.15) is 0 Å². The van der Waals surface area contributed by atoms with E-state index in [4.69, 9.17) is 0 Å². The van der Waals surface area contributed by atoms with Crippen LogP contribution in [0.5, 0.6) is 0 Å². The molecule has 0 nitrogen and oxygen atoms in total. The van der Waals surface area contributed by atoms with Gasteiger partial charge in [-0.3, -0.25) is 0 Å². The highest BCUT2D eigenvalue weighted by molar-refractivity contribution is 4.80. The Morgan fingerprint density at radius 3 is 1.50 bits per heavy atom. The lowest BCUT2D eigenvalue weighted by molar-refractivity contribution is 0.155. The fraction of sp³-hybridized carbons (Fsp3) is 1.00. The summed E-state index contributed by atoms with van der Waals surface area (Å²) in [5.74, 6) is 1.69. The molecule has 0 fully saturated rings. The van der Waals surface area contributed by atoms with Crippen LogP contribution in [0.25, 0.3) is 0 Å². The van der Waals surface area contributed by atoms with Gasteiger partial charge in [0.2, 0.25) is 0 Å². The van der Waals surface area contributed by atoms with Crippen molar-refractivity contribution in [3.05, 3.63) is 0 Å². The Morgan fingerprint density at radius 2 is 1.29 bits per heavy atom. The predicted octanol–water partition coefficient (Wildman–Crippen LogP) is 5.28. The van der Waals surface area contributed by atoms with Crippen LogP contribution >= 0.6 is 0 Å².